The molecule has 0 saturated carbocycles. The Morgan fingerprint density at radius 2 is 2.07 bits per heavy atom. The first kappa shape index (κ1) is 12.5. The summed E-state index contributed by atoms with van der Waals surface area (Å²) in [7, 11) is 4.15. The Balaban J connectivity index is 2.41. The third kappa shape index (κ3) is 4.22. The summed E-state index contributed by atoms with van der Waals surface area (Å²) >= 11 is 3.49. The van der Waals surface area contributed by atoms with Crippen molar-refractivity contribution in [1.82, 2.24) is 4.90 Å². The summed E-state index contributed by atoms with van der Waals surface area (Å²) in [5.74, 6) is 0.975. The van der Waals surface area contributed by atoms with Crippen molar-refractivity contribution in [2.75, 3.05) is 27.2 Å². The minimum atomic E-state index is 0.773. The van der Waals surface area contributed by atoms with E-state index in [9.17, 15) is 0 Å². The van der Waals surface area contributed by atoms with Gasteiger partial charge in [-0.3, -0.25) is 0 Å². The molecule has 1 aromatic carbocycles. The monoisotopic (exact) mass is 271 g/mol. The molecule has 0 atom stereocenters. The Morgan fingerprint density at radius 3 is 2.73 bits per heavy atom. The van der Waals surface area contributed by atoms with Gasteiger partial charge in [0.1, 0.15) is 5.75 Å². The van der Waals surface area contributed by atoms with Crippen LogP contribution in [0.1, 0.15) is 12.0 Å². The molecule has 0 fully saturated rings. The van der Waals surface area contributed by atoms with E-state index in [4.69, 9.17) is 4.74 Å². The van der Waals surface area contributed by atoms with E-state index >= 15 is 0 Å². The highest BCUT2D eigenvalue weighted by Crippen LogP contribution is 2.25. The van der Waals surface area contributed by atoms with Crippen molar-refractivity contribution in [3.63, 3.8) is 0 Å². The van der Waals surface area contributed by atoms with E-state index in [0.29, 0.717) is 0 Å². The number of halogens is 1. The molecule has 0 aliphatic rings. The maximum Gasteiger partial charge on any atom is 0.123 e. The first-order valence-electron chi connectivity index (χ1n) is 5.14. The van der Waals surface area contributed by atoms with Crippen LogP contribution in [-0.2, 0) is 0 Å². The Kier molecular flexibility index (Phi) is 5.12. The zero-order valence-corrected chi connectivity index (χ0v) is 11.2. The molecule has 3 heteroatoms. The first-order chi connectivity index (χ1) is 7.11. The summed E-state index contributed by atoms with van der Waals surface area (Å²) in [4.78, 5) is 2.16. The van der Waals surface area contributed by atoms with Crippen LogP contribution in [0.25, 0.3) is 0 Å². The van der Waals surface area contributed by atoms with Gasteiger partial charge in [-0.15, -0.1) is 0 Å². The average molecular weight is 272 g/mol. The van der Waals surface area contributed by atoms with Crippen LogP contribution in [0.2, 0.25) is 0 Å². The molecule has 0 saturated heterocycles. The fraction of sp³-hybridized carbons (Fsp3) is 0.500. The van der Waals surface area contributed by atoms with Crippen molar-refractivity contribution in [2.45, 2.75) is 13.3 Å². The Morgan fingerprint density at radius 1 is 1.33 bits per heavy atom. The highest BCUT2D eigenvalue weighted by Gasteiger charge is 2.02. The zero-order valence-electron chi connectivity index (χ0n) is 9.59. The molecule has 2 nitrogen and oxygen atoms in total. The quantitative estimate of drug-likeness (QED) is 0.764. The number of hydrogen-bond donors (Lipinski definition) is 0. The second kappa shape index (κ2) is 6.13. The van der Waals surface area contributed by atoms with E-state index in [1.165, 1.54) is 5.56 Å². The van der Waals surface area contributed by atoms with E-state index in [1.54, 1.807) is 0 Å². The lowest BCUT2D eigenvalue weighted by Gasteiger charge is -2.12. The molecule has 0 aromatic heterocycles. The van der Waals surface area contributed by atoms with Crippen LogP contribution in [0.15, 0.2) is 22.7 Å². The van der Waals surface area contributed by atoms with Gasteiger partial charge in [-0.05, 0) is 39.6 Å². The van der Waals surface area contributed by atoms with Crippen molar-refractivity contribution >= 4 is 15.9 Å². The number of hydrogen-bond acceptors (Lipinski definition) is 2. The van der Waals surface area contributed by atoms with Crippen LogP contribution >= 0.6 is 15.9 Å². The highest BCUT2D eigenvalue weighted by atomic mass is 79.9. The summed E-state index contributed by atoms with van der Waals surface area (Å²) in [5.41, 5.74) is 1.17. The largest absolute Gasteiger partial charge is 0.493 e. The van der Waals surface area contributed by atoms with Gasteiger partial charge in [-0.2, -0.15) is 0 Å². The topological polar surface area (TPSA) is 12.5 Å². The lowest BCUT2D eigenvalue weighted by molar-refractivity contribution is 0.280. The molecule has 0 bridgehead atoms. The molecule has 0 aliphatic heterocycles. The molecule has 15 heavy (non-hydrogen) atoms. The molecule has 1 aromatic rings. The Labute approximate surface area is 100 Å². The summed E-state index contributed by atoms with van der Waals surface area (Å²) in [6.45, 7) is 3.90. The predicted octanol–water partition coefficient (Wildman–Crippen LogP) is 3.09. The summed E-state index contributed by atoms with van der Waals surface area (Å²) in [5, 5.41) is 0. The summed E-state index contributed by atoms with van der Waals surface area (Å²) < 4.78 is 6.82. The molecule has 0 radical (unpaired) electrons. The van der Waals surface area contributed by atoms with Crippen molar-refractivity contribution in [3.05, 3.63) is 28.2 Å². The van der Waals surface area contributed by atoms with Gasteiger partial charge in [-0.25, -0.2) is 0 Å². The smallest absolute Gasteiger partial charge is 0.123 e. The maximum atomic E-state index is 5.71. The van der Waals surface area contributed by atoms with E-state index in [2.05, 4.69) is 41.8 Å². The molecule has 0 spiro atoms. The van der Waals surface area contributed by atoms with E-state index in [0.717, 1.165) is 29.8 Å². The van der Waals surface area contributed by atoms with Crippen LogP contribution in [0.4, 0.5) is 0 Å². The second-order valence-corrected chi connectivity index (χ2v) is 4.72. The van der Waals surface area contributed by atoms with Crippen LogP contribution in [-0.4, -0.2) is 32.1 Å². The first-order valence-corrected chi connectivity index (χ1v) is 5.93. The van der Waals surface area contributed by atoms with Crippen molar-refractivity contribution in [2.24, 2.45) is 0 Å². The number of rotatable bonds is 5. The molecule has 0 N–H and O–H groups in total. The van der Waals surface area contributed by atoms with Crippen LogP contribution in [0.5, 0.6) is 5.75 Å². The molecular formula is C12H18BrNO. The van der Waals surface area contributed by atoms with Gasteiger partial charge < -0.3 is 9.64 Å². The van der Waals surface area contributed by atoms with Gasteiger partial charge in [0.15, 0.2) is 0 Å². The fourth-order valence-electron chi connectivity index (χ4n) is 1.31. The highest BCUT2D eigenvalue weighted by molar-refractivity contribution is 9.10. The second-order valence-electron chi connectivity index (χ2n) is 3.87. The van der Waals surface area contributed by atoms with Crippen LogP contribution in [0, 0.1) is 6.92 Å². The maximum absolute atomic E-state index is 5.71. The molecule has 0 aliphatic carbocycles. The standard InChI is InChI=1S/C12H18BrNO/c1-10-11(13)6-4-7-12(10)15-9-5-8-14(2)3/h4,6-7H,5,8-9H2,1-3H3. The SMILES string of the molecule is Cc1c(Br)cccc1OCCCN(C)C. The van der Waals surface area contributed by atoms with Gasteiger partial charge in [0.2, 0.25) is 0 Å². The number of ether oxygens (including phenoxy) is 1. The van der Waals surface area contributed by atoms with Crippen molar-refractivity contribution in [1.29, 1.82) is 0 Å². The van der Waals surface area contributed by atoms with Gasteiger partial charge in [-0.1, -0.05) is 22.0 Å². The normalized spacial score (nSPS) is 10.7. The zero-order chi connectivity index (χ0) is 11.3. The van der Waals surface area contributed by atoms with Crippen molar-refractivity contribution in [3.8, 4) is 5.75 Å². The number of nitrogens with zero attached hydrogens (tertiary/aromatic N) is 1. The van der Waals surface area contributed by atoms with Gasteiger partial charge >= 0.3 is 0 Å². The van der Waals surface area contributed by atoms with E-state index in [1.807, 2.05) is 18.2 Å². The third-order valence-electron chi connectivity index (χ3n) is 2.23. The molecule has 0 amide bonds. The van der Waals surface area contributed by atoms with Crippen LogP contribution in [0.3, 0.4) is 0 Å². The van der Waals surface area contributed by atoms with Gasteiger partial charge in [0.25, 0.3) is 0 Å². The molecular weight excluding hydrogens is 254 g/mol. The lowest BCUT2D eigenvalue weighted by atomic mass is 10.2. The van der Waals surface area contributed by atoms with Gasteiger partial charge in [0.05, 0.1) is 6.61 Å². The van der Waals surface area contributed by atoms with Crippen molar-refractivity contribution < 1.29 is 4.74 Å². The number of benzene rings is 1. The Bertz CT molecular complexity index is 312. The van der Waals surface area contributed by atoms with E-state index in [-0.39, 0.29) is 0 Å². The molecule has 0 unspecified atom stereocenters. The minimum Gasteiger partial charge on any atom is -0.493 e. The third-order valence-corrected chi connectivity index (χ3v) is 3.08. The van der Waals surface area contributed by atoms with Gasteiger partial charge in [0, 0.05) is 16.6 Å². The summed E-state index contributed by atoms with van der Waals surface area (Å²) in [6, 6.07) is 6.04. The van der Waals surface area contributed by atoms with Crippen LogP contribution < -0.4 is 4.74 Å². The van der Waals surface area contributed by atoms with E-state index < -0.39 is 0 Å². The Hall–Kier alpha value is -0.540. The molecule has 1 rings (SSSR count). The fourth-order valence-corrected chi connectivity index (χ4v) is 1.65. The lowest BCUT2D eigenvalue weighted by Crippen LogP contribution is -2.15. The molecule has 0 heterocycles. The predicted molar refractivity (Wildman–Crippen MR) is 67.5 cm³/mol. The minimum absolute atomic E-state index is 0.773. The summed E-state index contributed by atoms with van der Waals surface area (Å²) in [6.07, 6.45) is 1.05. The molecule has 84 valence electrons. The average Bonchev–Trinajstić information content (AvgIpc) is 2.18.